The number of amides is 6. The fraction of sp³-hybridized carbons (Fsp3) is 0.897. The Morgan fingerprint density at radius 2 is 0.988 bits per heavy atom. The predicted octanol–water partition coefficient (Wildman–Crippen LogP) is 8.60. The smallest absolute Gasteiger partial charge is 0.242 e. The van der Waals surface area contributed by atoms with Crippen molar-refractivity contribution in [2.24, 2.45) is 34.6 Å². The van der Waals surface area contributed by atoms with E-state index in [0.29, 0.717) is 84.3 Å². The van der Waals surface area contributed by atoms with Crippen molar-refractivity contribution >= 4 is 86.7 Å². The van der Waals surface area contributed by atoms with Gasteiger partial charge in [0.25, 0.3) is 0 Å². The van der Waals surface area contributed by atoms with Crippen molar-refractivity contribution in [2.75, 3.05) is 90.8 Å². The first kappa shape index (κ1) is 76.0. The van der Waals surface area contributed by atoms with Crippen LogP contribution in [0, 0.1) is 23.2 Å². The number of rotatable bonds is 48. The van der Waals surface area contributed by atoms with E-state index in [1.807, 2.05) is 34.6 Å². The zero-order valence-electron chi connectivity index (χ0n) is 51.5. The van der Waals surface area contributed by atoms with Gasteiger partial charge in [0.2, 0.25) is 35.4 Å². The van der Waals surface area contributed by atoms with Gasteiger partial charge in [-0.25, -0.2) is 0 Å². The van der Waals surface area contributed by atoms with E-state index in [-0.39, 0.29) is 115 Å². The molecule has 81 heavy (non-hydrogen) atoms. The molecule has 0 spiro atoms. The molecule has 472 valence electrons. The Morgan fingerprint density at radius 1 is 0.580 bits per heavy atom. The Kier molecular flexibility index (Phi) is 37.2. The molecule has 0 aromatic rings. The summed E-state index contributed by atoms with van der Waals surface area (Å²) in [5.74, 6) is 1.16. The first-order valence-corrected chi connectivity index (χ1v) is 33.9. The van der Waals surface area contributed by atoms with Gasteiger partial charge in [-0.15, -0.1) is 51.2 Å². The van der Waals surface area contributed by atoms with Crippen molar-refractivity contribution in [3.05, 3.63) is 0 Å². The number of unbranched alkanes of at least 4 members (excludes halogenated alkanes) is 6. The molecular formula is C58H111N6O12P3S2. The lowest BCUT2D eigenvalue weighted by molar-refractivity contribution is -0.140. The van der Waals surface area contributed by atoms with Crippen LogP contribution in [0.15, 0.2) is 0 Å². The highest BCUT2D eigenvalue weighted by molar-refractivity contribution is 8.00. The lowest BCUT2D eigenvalue weighted by Gasteiger charge is -2.38. The molecule has 0 aromatic carbocycles. The molecule has 0 aliphatic carbocycles. The van der Waals surface area contributed by atoms with E-state index in [0.717, 1.165) is 62.9 Å². The van der Waals surface area contributed by atoms with Crippen LogP contribution in [-0.2, 0) is 57.2 Å². The van der Waals surface area contributed by atoms with Gasteiger partial charge in [0.1, 0.15) is 0 Å². The number of carbonyl (C=O) groups is 6. The van der Waals surface area contributed by atoms with Crippen LogP contribution in [0.1, 0.15) is 185 Å². The van der Waals surface area contributed by atoms with Gasteiger partial charge in [-0.2, -0.15) is 0 Å². The fourth-order valence-electron chi connectivity index (χ4n) is 10.4. The SMILES string of the molecule is CCOC(C)(C)C(COCCCNC(=O)CCN1C(=O)CC(SCCCCCCC(CCCCCCSC2CC(=O)N(CCC(=O)NCCCOCC(CC(C)(P)OCN)C(C)(P)OCC)C2=O)C(C)(C)C)C1=O)CC(C)(P)OCN. The van der Waals surface area contributed by atoms with Gasteiger partial charge in [0.05, 0.1) is 58.8 Å². The average molecular weight is 1240 g/mol. The third-order valence-corrected chi connectivity index (χ3v) is 19.4. The molecule has 6 amide bonds. The van der Waals surface area contributed by atoms with Crippen molar-refractivity contribution in [2.45, 2.75) is 217 Å². The summed E-state index contributed by atoms with van der Waals surface area (Å²) in [6.07, 6.45) is 14.2. The number of ether oxygens (including phenoxy) is 6. The van der Waals surface area contributed by atoms with Crippen molar-refractivity contribution < 1.29 is 57.2 Å². The highest BCUT2D eigenvalue weighted by atomic mass is 32.2. The summed E-state index contributed by atoms with van der Waals surface area (Å²) in [7, 11) is 8.24. The number of nitrogens with one attached hydrogen (secondary N) is 2. The van der Waals surface area contributed by atoms with Gasteiger partial charge in [0, 0.05) is 90.1 Å². The van der Waals surface area contributed by atoms with Gasteiger partial charge < -0.3 is 50.5 Å². The summed E-state index contributed by atoms with van der Waals surface area (Å²) in [5.41, 5.74) is 11.1. The molecule has 2 aliphatic heterocycles. The van der Waals surface area contributed by atoms with E-state index in [9.17, 15) is 28.8 Å². The van der Waals surface area contributed by atoms with Gasteiger partial charge in [0.15, 0.2) is 0 Å². The van der Waals surface area contributed by atoms with Crippen molar-refractivity contribution in [1.29, 1.82) is 0 Å². The number of hydrogen-bond acceptors (Lipinski definition) is 16. The highest BCUT2D eigenvalue weighted by Gasteiger charge is 2.41. The standard InChI is InChI=1S/C58H111N6O12P3S2/c1-11-73-55(6,7)44(37-56(8,77)75-41-59)39-71-31-21-27-61-48(65)25-29-63-50(67)35-46(52(63)69)80-33-19-15-13-17-23-43(54(3,4)5)24-18-14-16-20-34-81-47-36-51(68)64(53(47)70)30-26-49(66)62-28-22-32-72-40-45(58(10,79)74-12-2)38-57(9,78)76-42-60/h43-47H,11-42,59-60,77-79H2,1-10H3,(H,61,65)(H,62,66). The van der Waals surface area contributed by atoms with Gasteiger partial charge in [-0.1, -0.05) is 59.3 Å². The third kappa shape index (κ3) is 30.9. The molecule has 2 rings (SSSR count). The van der Waals surface area contributed by atoms with Gasteiger partial charge in [-0.3, -0.25) is 38.6 Å². The lowest BCUT2D eigenvalue weighted by atomic mass is 9.75. The van der Waals surface area contributed by atoms with E-state index in [1.165, 1.54) is 22.6 Å². The van der Waals surface area contributed by atoms with Crippen LogP contribution in [-0.4, -0.2) is 168 Å². The molecule has 0 bridgehead atoms. The number of thioether (sulfide) groups is 2. The molecule has 18 nitrogen and oxygen atoms in total. The minimum absolute atomic E-state index is 0.0148. The molecule has 2 aliphatic rings. The molecular weight excluding hydrogens is 1130 g/mol. The molecule has 0 radical (unpaired) electrons. The van der Waals surface area contributed by atoms with Crippen LogP contribution < -0.4 is 22.1 Å². The first-order chi connectivity index (χ1) is 38.1. The van der Waals surface area contributed by atoms with Crippen molar-refractivity contribution in [3.8, 4) is 0 Å². The Balaban J connectivity index is 1.57. The monoisotopic (exact) mass is 1240 g/mol. The van der Waals surface area contributed by atoms with E-state index < -0.39 is 21.6 Å². The maximum atomic E-state index is 13.1. The molecule has 6 N–H and O–H groups in total. The number of nitrogens with zero attached hydrogens (tertiary/aromatic N) is 2. The predicted molar refractivity (Wildman–Crippen MR) is 339 cm³/mol. The Morgan fingerprint density at radius 3 is 1.40 bits per heavy atom. The molecule has 23 heteroatoms. The molecule has 2 heterocycles. The minimum Gasteiger partial charge on any atom is -0.381 e. The second kappa shape index (κ2) is 39.6. The number of nitrogens with two attached hydrogens (primary N) is 2. The normalized spacial score (nSPS) is 19.6. The van der Waals surface area contributed by atoms with E-state index >= 15 is 0 Å². The molecule has 0 aromatic heterocycles. The highest BCUT2D eigenvalue weighted by Crippen LogP contribution is 2.40. The maximum absolute atomic E-state index is 13.1. The summed E-state index contributed by atoms with van der Waals surface area (Å²) < 4.78 is 35.4. The van der Waals surface area contributed by atoms with Crippen LogP contribution in [0.5, 0.6) is 0 Å². The summed E-state index contributed by atoms with van der Waals surface area (Å²) in [6.45, 7) is 25.3. The van der Waals surface area contributed by atoms with Crippen LogP contribution in [0.4, 0.5) is 0 Å². The molecule has 2 fully saturated rings. The number of carbonyl (C=O) groups excluding carboxylic acids is 6. The molecule has 2 saturated heterocycles. The van der Waals surface area contributed by atoms with Gasteiger partial charge in [-0.05, 0) is 123 Å². The van der Waals surface area contributed by atoms with Gasteiger partial charge >= 0.3 is 0 Å². The summed E-state index contributed by atoms with van der Waals surface area (Å²) in [6, 6.07) is 0. The molecule has 11 atom stereocenters. The topological polar surface area (TPSA) is 240 Å². The zero-order chi connectivity index (χ0) is 60.7. The largest absolute Gasteiger partial charge is 0.381 e. The first-order valence-electron chi connectivity index (χ1n) is 30.1. The van der Waals surface area contributed by atoms with Crippen molar-refractivity contribution in [3.63, 3.8) is 0 Å². The lowest BCUT2D eigenvalue weighted by Crippen LogP contribution is -2.42. The minimum atomic E-state index is -0.520. The number of likely N-dealkylation sites (tertiary alicyclic amines) is 2. The van der Waals surface area contributed by atoms with Crippen LogP contribution in [0.25, 0.3) is 0 Å². The number of hydrogen-bond donors (Lipinski definition) is 4. The Labute approximate surface area is 504 Å². The van der Waals surface area contributed by atoms with Crippen LogP contribution in [0.2, 0.25) is 0 Å². The number of imide groups is 2. The molecule has 11 unspecified atom stereocenters. The van der Waals surface area contributed by atoms with Crippen LogP contribution >= 0.6 is 51.2 Å². The Hall–Kier alpha value is -1.11. The maximum Gasteiger partial charge on any atom is 0.242 e. The van der Waals surface area contributed by atoms with Crippen molar-refractivity contribution in [1.82, 2.24) is 20.4 Å². The zero-order valence-corrected chi connectivity index (χ0v) is 56.6. The molecule has 0 saturated carbocycles. The Bertz CT molecular complexity index is 1750. The fourth-order valence-corrected chi connectivity index (χ4v) is 13.9. The third-order valence-electron chi connectivity index (χ3n) is 15.4. The average Bonchev–Trinajstić information content (AvgIpc) is 3.84. The van der Waals surface area contributed by atoms with E-state index in [4.69, 9.17) is 39.9 Å². The van der Waals surface area contributed by atoms with E-state index in [1.54, 1.807) is 23.5 Å². The second-order valence-electron chi connectivity index (χ2n) is 24.1. The quantitative estimate of drug-likeness (QED) is 0.0193. The second-order valence-corrected chi connectivity index (χ2v) is 30.3. The van der Waals surface area contributed by atoms with E-state index in [2.05, 4.69) is 73.0 Å². The van der Waals surface area contributed by atoms with Crippen LogP contribution in [0.3, 0.4) is 0 Å². The summed E-state index contributed by atoms with van der Waals surface area (Å²) >= 11 is 3.13. The summed E-state index contributed by atoms with van der Waals surface area (Å²) in [4.78, 5) is 79.6. The summed E-state index contributed by atoms with van der Waals surface area (Å²) in [5, 5.41) is 3.49.